The van der Waals surface area contributed by atoms with Crippen molar-refractivity contribution < 1.29 is 24.2 Å². The highest BCUT2D eigenvalue weighted by Crippen LogP contribution is 2.31. The van der Waals surface area contributed by atoms with Crippen LogP contribution < -0.4 is 15.4 Å². The molecule has 1 heterocycles. The molecule has 0 aliphatic heterocycles. The number of hydrogen-bond donors (Lipinski definition) is 3. The molecule has 1 atom stereocenters. The van der Waals surface area contributed by atoms with Crippen LogP contribution in [0.2, 0.25) is 5.15 Å². The molecule has 2 aromatic rings. The SMILES string of the molecule is CC(C)(C)OC(=O)N[C@H](COc1cc(Br)c(Cl)nc1NC(=O)O)Cc1ccccc1. The van der Waals surface area contributed by atoms with Crippen molar-refractivity contribution in [3.63, 3.8) is 0 Å². The minimum Gasteiger partial charge on any atom is -0.487 e. The summed E-state index contributed by atoms with van der Waals surface area (Å²) in [6.07, 6.45) is -1.41. The van der Waals surface area contributed by atoms with E-state index in [2.05, 4.69) is 31.5 Å². The molecule has 0 saturated carbocycles. The summed E-state index contributed by atoms with van der Waals surface area (Å²) in [6, 6.07) is 10.6. The second-order valence-corrected chi connectivity index (χ2v) is 8.59. The highest BCUT2D eigenvalue weighted by molar-refractivity contribution is 9.10. The lowest BCUT2D eigenvalue weighted by molar-refractivity contribution is 0.0488. The smallest absolute Gasteiger partial charge is 0.410 e. The van der Waals surface area contributed by atoms with E-state index in [1.54, 1.807) is 20.8 Å². The predicted molar refractivity (Wildman–Crippen MR) is 117 cm³/mol. The molecule has 1 aromatic carbocycles. The number of carboxylic acid groups (broad SMARTS) is 1. The molecule has 0 unspecified atom stereocenters. The first-order valence-electron chi connectivity index (χ1n) is 9.05. The normalized spacial score (nSPS) is 12.0. The lowest BCUT2D eigenvalue weighted by Crippen LogP contribution is -2.43. The first-order chi connectivity index (χ1) is 14.0. The number of benzene rings is 1. The van der Waals surface area contributed by atoms with E-state index in [9.17, 15) is 9.59 Å². The summed E-state index contributed by atoms with van der Waals surface area (Å²) >= 11 is 9.19. The predicted octanol–water partition coefficient (Wildman–Crippen LogP) is 5.10. The molecule has 0 radical (unpaired) electrons. The summed E-state index contributed by atoms with van der Waals surface area (Å²) in [5, 5.41) is 14.0. The van der Waals surface area contributed by atoms with Crippen molar-refractivity contribution in [3.8, 4) is 5.75 Å². The maximum absolute atomic E-state index is 12.3. The molecular weight excluding hydrogens is 478 g/mol. The number of nitrogens with one attached hydrogen (secondary N) is 2. The van der Waals surface area contributed by atoms with Crippen LogP contribution in [-0.4, -0.2) is 40.5 Å². The van der Waals surface area contributed by atoms with Gasteiger partial charge < -0.3 is 19.9 Å². The van der Waals surface area contributed by atoms with E-state index in [0.29, 0.717) is 10.9 Å². The molecule has 3 N–H and O–H groups in total. The van der Waals surface area contributed by atoms with Gasteiger partial charge in [0.2, 0.25) is 0 Å². The van der Waals surface area contributed by atoms with Crippen LogP contribution in [0.25, 0.3) is 0 Å². The molecule has 0 aliphatic carbocycles. The fourth-order valence-electron chi connectivity index (χ4n) is 2.47. The van der Waals surface area contributed by atoms with E-state index in [1.807, 2.05) is 30.3 Å². The molecule has 1 aromatic heterocycles. The summed E-state index contributed by atoms with van der Waals surface area (Å²) in [7, 11) is 0. The third-order valence-corrected chi connectivity index (χ3v) is 4.73. The van der Waals surface area contributed by atoms with Crippen molar-refractivity contribution in [1.29, 1.82) is 0 Å². The number of pyridine rings is 1. The van der Waals surface area contributed by atoms with Crippen LogP contribution >= 0.6 is 27.5 Å². The van der Waals surface area contributed by atoms with Crippen molar-refractivity contribution in [2.75, 3.05) is 11.9 Å². The number of nitrogens with zero attached hydrogens (tertiary/aromatic N) is 1. The molecule has 2 rings (SSSR count). The third-order valence-electron chi connectivity index (χ3n) is 3.61. The fourth-order valence-corrected chi connectivity index (χ4v) is 2.90. The van der Waals surface area contributed by atoms with Gasteiger partial charge in [-0.05, 0) is 48.7 Å². The second-order valence-electron chi connectivity index (χ2n) is 7.38. The van der Waals surface area contributed by atoms with Gasteiger partial charge in [0.1, 0.15) is 17.4 Å². The molecule has 0 bridgehead atoms. The molecular formula is C20H23BrClN3O5. The van der Waals surface area contributed by atoms with E-state index in [0.717, 1.165) is 5.56 Å². The van der Waals surface area contributed by atoms with Crippen LogP contribution in [0.4, 0.5) is 15.4 Å². The average molecular weight is 501 g/mol. The zero-order valence-electron chi connectivity index (χ0n) is 16.7. The van der Waals surface area contributed by atoms with Gasteiger partial charge in [0.25, 0.3) is 0 Å². The molecule has 10 heteroatoms. The van der Waals surface area contributed by atoms with Crippen molar-refractivity contribution in [2.24, 2.45) is 0 Å². The number of alkyl carbamates (subject to hydrolysis) is 1. The molecule has 0 aliphatic rings. The minimum absolute atomic E-state index is 0.0399. The second kappa shape index (κ2) is 10.5. The molecule has 162 valence electrons. The largest absolute Gasteiger partial charge is 0.487 e. The molecule has 0 fully saturated rings. The zero-order chi connectivity index (χ0) is 22.3. The highest BCUT2D eigenvalue weighted by Gasteiger charge is 2.21. The Morgan fingerprint density at radius 3 is 2.53 bits per heavy atom. The van der Waals surface area contributed by atoms with Gasteiger partial charge in [-0.2, -0.15) is 0 Å². The maximum atomic E-state index is 12.3. The average Bonchev–Trinajstić information content (AvgIpc) is 2.62. The molecule has 30 heavy (non-hydrogen) atoms. The van der Waals surface area contributed by atoms with Crippen molar-refractivity contribution in [2.45, 2.75) is 38.8 Å². The van der Waals surface area contributed by atoms with Gasteiger partial charge >= 0.3 is 12.2 Å². The Labute approximate surface area is 188 Å². The van der Waals surface area contributed by atoms with Gasteiger partial charge in [-0.25, -0.2) is 14.6 Å². The van der Waals surface area contributed by atoms with Gasteiger partial charge in [0, 0.05) is 6.07 Å². The monoisotopic (exact) mass is 499 g/mol. The van der Waals surface area contributed by atoms with Crippen molar-refractivity contribution in [3.05, 3.63) is 51.6 Å². The number of hydrogen-bond acceptors (Lipinski definition) is 5. The van der Waals surface area contributed by atoms with Crippen LogP contribution in [0.1, 0.15) is 26.3 Å². The van der Waals surface area contributed by atoms with Gasteiger partial charge in [-0.15, -0.1) is 0 Å². The number of amides is 2. The van der Waals surface area contributed by atoms with Crippen LogP contribution in [0.15, 0.2) is 40.9 Å². The molecule has 8 nitrogen and oxygen atoms in total. The molecule has 0 spiro atoms. The summed E-state index contributed by atoms with van der Waals surface area (Å²) in [4.78, 5) is 27.3. The topological polar surface area (TPSA) is 110 Å². The zero-order valence-corrected chi connectivity index (χ0v) is 19.1. The summed E-state index contributed by atoms with van der Waals surface area (Å²) < 4.78 is 11.6. The summed E-state index contributed by atoms with van der Waals surface area (Å²) in [5.74, 6) is 0.115. The summed E-state index contributed by atoms with van der Waals surface area (Å²) in [6.45, 7) is 5.36. The van der Waals surface area contributed by atoms with Crippen LogP contribution in [-0.2, 0) is 11.2 Å². The Hall–Kier alpha value is -2.52. The fraction of sp³-hybridized carbons (Fsp3) is 0.350. The van der Waals surface area contributed by atoms with Gasteiger partial charge in [0.15, 0.2) is 11.6 Å². The molecule has 2 amide bonds. The lowest BCUT2D eigenvalue weighted by atomic mass is 10.1. The van der Waals surface area contributed by atoms with E-state index in [4.69, 9.17) is 26.2 Å². The Bertz CT molecular complexity index is 890. The Morgan fingerprint density at radius 1 is 1.27 bits per heavy atom. The first kappa shape index (κ1) is 23.8. The number of rotatable bonds is 7. The Kier molecular flexibility index (Phi) is 8.31. The van der Waals surface area contributed by atoms with E-state index < -0.39 is 23.8 Å². The maximum Gasteiger partial charge on any atom is 0.410 e. The van der Waals surface area contributed by atoms with Gasteiger partial charge in [-0.3, -0.25) is 5.32 Å². The van der Waals surface area contributed by atoms with E-state index >= 15 is 0 Å². The number of ether oxygens (including phenoxy) is 2. The third kappa shape index (κ3) is 8.08. The summed E-state index contributed by atoms with van der Waals surface area (Å²) in [5.41, 5.74) is 0.340. The van der Waals surface area contributed by atoms with Crippen LogP contribution in [0.5, 0.6) is 5.75 Å². The van der Waals surface area contributed by atoms with Crippen molar-refractivity contribution in [1.82, 2.24) is 10.3 Å². The highest BCUT2D eigenvalue weighted by atomic mass is 79.9. The van der Waals surface area contributed by atoms with E-state index in [-0.39, 0.29) is 23.3 Å². The number of anilines is 1. The quantitative estimate of drug-likeness (QED) is 0.456. The number of carbonyl (C=O) groups excluding carboxylic acids is 1. The van der Waals surface area contributed by atoms with Crippen molar-refractivity contribution >= 4 is 45.5 Å². The van der Waals surface area contributed by atoms with E-state index in [1.165, 1.54) is 6.07 Å². The first-order valence-corrected chi connectivity index (χ1v) is 10.2. The number of halogens is 2. The number of aromatic nitrogens is 1. The van der Waals surface area contributed by atoms with Gasteiger partial charge in [-0.1, -0.05) is 41.9 Å². The lowest BCUT2D eigenvalue weighted by Gasteiger charge is -2.24. The number of carbonyl (C=O) groups is 2. The Morgan fingerprint density at radius 2 is 1.93 bits per heavy atom. The van der Waals surface area contributed by atoms with Crippen LogP contribution in [0, 0.1) is 0 Å². The molecule has 0 saturated heterocycles. The Balaban J connectivity index is 2.18. The standard InChI is InChI=1S/C20H23BrClN3O5/c1-20(2,3)30-19(28)23-13(9-12-7-5-4-6-8-12)11-29-15-10-14(21)16(22)24-17(15)25-18(26)27/h4-8,10,13H,9,11H2,1-3H3,(H,23,28)(H,24,25)(H,26,27)/t13-/m0/s1. The van der Waals surface area contributed by atoms with Gasteiger partial charge in [0.05, 0.1) is 10.5 Å². The minimum atomic E-state index is -1.31. The van der Waals surface area contributed by atoms with Crippen LogP contribution in [0.3, 0.4) is 0 Å².